The summed E-state index contributed by atoms with van der Waals surface area (Å²) in [6, 6.07) is 0. The Morgan fingerprint density at radius 1 is 0.814 bits per heavy atom. The number of hydrogen-bond donors (Lipinski definition) is 1. The highest BCUT2D eigenvalue weighted by Gasteiger charge is 2.38. The molecule has 16 heteroatoms. The summed E-state index contributed by atoms with van der Waals surface area (Å²) in [4.78, 5) is 36.2. The lowest BCUT2D eigenvalue weighted by molar-refractivity contribution is -0.944. The number of unbranched alkanes of at least 4 members (excludes halogenated alkanes) is 17. The maximum absolute atomic E-state index is 13.2. The molecule has 1 aliphatic rings. The van der Waals surface area contributed by atoms with Crippen molar-refractivity contribution < 1.29 is 56.0 Å². The Balaban J connectivity index is 1.84. The zero-order chi connectivity index (χ0) is 43.4. The minimum absolute atomic E-state index is 0.0208. The highest BCUT2D eigenvalue weighted by Crippen LogP contribution is 2.43. The lowest BCUT2D eigenvalue weighted by Gasteiger charge is -2.41. The number of quaternary nitrogens is 2. The molecule has 0 fully saturated rings. The molecule has 59 heavy (non-hydrogen) atoms. The van der Waals surface area contributed by atoms with Gasteiger partial charge in [-0.25, -0.2) is 9.36 Å². The minimum atomic E-state index is -4.49. The standard InChI is InChI=1S/C43H80N4O10PS/c1-8-10-12-14-15-16-17-18-19-20-21-22-23-24-25-29-40(48)53-35-39(36-55-58(50,51)54-33-31-46(4,5)6)57-43(49)56-37(3)47(7)30-27-28-38(34-47)41-42(45-59-44-41)52-32-26-13-11-9-2/h28,37,39H,8-27,29-36H2,1-7H3/q+1/p+1. The fraction of sp³-hybridized carbons (Fsp3) is 0.860. The quantitative estimate of drug-likeness (QED) is 0.0299. The van der Waals surface area contributed by atoms with Gasteiger partial charge in [0.25, 0.3) is 5.88 Å². The van der Waals surface area contributed by atoms with Crippen molar-refractivity contribution in [2.75, 3.05) is 74.3 Å². The Morgan fingerprint density at radius 2 is 1.39 bits per heavy atom. The molecule has 0 amide bonds. The summed E-state index contributed by atoms with van der Waals surface area (Å²) in [6.07, 6.45) is 23.1. The van der Waals surface area contributed by atoms with Crippen molar-refractivity contribution in [2.24, 2.45) is 0 Å². The van der Waals surface area contributed by atoms with Crippen LogP contribution < -0.4 is 4.74 Å². The van der Waals surface area contributed by atoms with Gasteiger partial charge >= 0.3 is 19.9 Å². The van der Waals surface area contributed by atoms with Crippen LogP contribution in [0.15, 0.2) is 6.08 Å². The molecule has 0 aliphatic carbocycles. The number of likely N-dealkylation sites (N-methyl/N-ethyl adjacent to an activating group) is 2. The number of aromatic nitrogens is 2. The van der Waals surface area contributed by atoms with Crippen LogP contribution in [0.1, 0.15) is 161 Å². The van der Waals surface area contributed by atoms with E-state index in [0.717, 1.165) is 62.2 Å². The Hall–Kier alpha value is -2.13. The molecule has 1 aliphatic heterocycles. The molecule has 2 heterocycles. The molecule has 0 saturated carbocycles. The molecule has 14 nitrogen and oxygen atoms in total. The van der Waals surface area contributed by atoms with E-state index in [1.807, 2.05) is 28.2 Å². The van der Waals surface area contributed by atoms with Gasteiger partial charge < -0.3 is 28.3 Å². The molecule has 1 aromatic heterocycles. The number of rotatable bonds is 35. The maximum Gasteiger partial charge on any atom is 0.513 e. The maximum atomic E-state index is 13.2. The fourth-order valence-corrected chi connectivity index (χ4v) is 8.08. The molecule has 0 aromatic carbocycles. The van der Waals surface area contributed by atoms with Crippen LogP contribution in [0.25, 0.3) is 5.57 Å². The number of ether oxygens (including phenoxy) is 4. The number of carbonyl (C=O) groups excluding carboxylic acids is 2. The average Bonchev–Trinajstić information content (AvgIpc) is 3.65. The van der Waals surface area contributed by atoms with E-state index < -0.39 is 38.9 Å². The van der Waals surface area contributed by atoms with Crippen LogP contribution in [0.4, 0.5) is 4.79 Å². The van der Waals surface area contributed by atoms with Gasteiger partial charge in [0.1, 0.15) is 32.0 Å². The van der Waals surface area contributed by atoms with Crippen LogP contribution in [-0.2, 0) is 32.6 Å². The van der Waals surface area contributed by atoms with Gasteiger partial charge in [-0.2, -0.15) is 4.37 Å². The third-order valence-corrected chi connectivity index (χ3v) is 12.3. The third-order valence-electron chi connectivity index (χ3n) is 10.8. The summed E-state index contributed by atoms with van der Waals surface area (Å²) >= 11 is 1.11. The van der Waals surface area contributed by atoms with Crippen LogP contribution in [0.2, 0.25) is 0 Å². The molecule has 0 radical (unpaired) electrons. The predicted octanol–water partition coefficient (Wildman–Crippen LogP) is 10.2. The van der Waals surface area contributed by atoms with Gasteiger partial charge in [-0.3, -0.25) is 18.3 Å². The summed E-state index contributed by atoms with van der Waals surface area (Å²) < 4.78 is 55.6. The number of carbonyl (C=O) groups is 2. The summed E-state index contributed by atoms with van der Waals surface area (Å²) in [5.74, 6) is 0.0896. The van der Waals surface area contributed by atoms with Crippen molar-refractivity contribution in [3.05, 3.63) is 11.8 Å². The van der Waals surface area contributed by atoms with E-state index in [1.54, 1.807) is 6.92 Å². The van der Waals surface area contributed by atoms with E-state index in [9.17, 15) is 19.0 Å². The summed E-state index contributed by atoms with van der Waals surface area (Å²) in [6.45, 7) is 7.57. The van der Waals surface area contributed by atoms with Gasteiger partial charge in [0.05, 0.1) is 59.7 Å². The molecule has 2 rings (SSSR count). The zero-order valence-corrected chi connectivity index (χ0v) is 39.5. The average molecular weight is 877 g/mol. The molecular formula is C43H81N4O10PS+2. The van der Waals surface area contributed by atoms with Crippen LogP contribution in [0, 0.1) is 0 Å². The second kappa shape index (κ2) is 30.0. The molecule has 0 saturated heterocycles. The Kier molecular flexibility index (Phi) is 27.0. The predicted molar refractivity (Wildman–Crippen MR) is 234 cm³/mol. The first-order chi connectivity index (χ1) is 28.2. The van der Waals surface area contributed by atoms with E-state index in [-0.39, 0.29) is 19.6 Å². The van der Waals surface area contributed by atoms with Gasteiger partial charge in [-0.1, -0.05) is 129 Å². The van der Waals surface area contributed by atoms with Crippen LogP contribution in [0.3, 0.4) is 0 Å². The van der Waals surface area contributed by atoms with Gasteiger partial charge in [0.2, 0.25) is 6.23 Å². The van der Waals surface area contributed by atoms with Gasteiger partial charge in [0.15, 0.2) is 6.10 Å². The van der Waals surface area contributed by atoms with Crippen LogP contribution >= 0.6 is 19.6 Å². The largest absolute Gasteiger partial charge is 0.513 e. The molecule has 342 valence electrons. The second-order valence-electron chi connectivity index (χ2n) is 17.4. The monoisotopic (exact) mass is 877 g/mol. The van der Waals surface area contributed by atoms with Gasteiger partial charge in [-0.05, 0) is 12.8 Å². The highest BCUT2D eigenvalue weighted by atomic mass is 32.1. The normalized spacial score (nSPS) is 17.8. The van der Waals surface area contributed by atoms with E-state index in [2.05, 4.69) is 28.7 Å². The first kappa shape index (κ1) is 53.0. The molecule has 0 bridgehead atoms. The van der Waals surface area contributed by atoms with Crippen molar-refractivity contribution in [3.63, 3.8) is 0 Å². The van der Waals surface area contributed by atoms with Gasteiger partial charge in [-0.15, -0.1) is 4.37 Å². The fourth-order valence-electron chi connectivity index (χ4n) is 6.81. The third kappa shape index (κ3) is 24.8. The van der Waals surface area contributed by atoms with Crippen LogP contribution in [0.5, 0.6) is 5.88 Å². The molecule has 4 unspecified atom stereocenters. The number of hydrogen-bond acceptors (Lipinski definition) is 12. The molecule has 0 spiro atoms. The Morgan fingerprint density at radius 3 is 1.98 bits per heavy atom. The first-order valence-corrected chi connectivity index (χ1v) is 24.8. The van der Waals surface area contributed by atoms with E-state index in [0.29, 0.717) is 53.2 Å². The highest BCUT2D eigenvalue weighted by molar-refractivity contribution is 7.47. The number of nitrogens with zero attached hydrogens (tertiary/aromatic N) is 4. The molecule has 4 atom stereocenters. The SMILES string of the molecule is CCCCCCCCCCCCCCCCCC(=O)OCC(COP(=O)(O)OCC[N+](C)(C)C)OC(=O)OC(C)[N+]1(C)CCC=C(c2nsnc2OCCCCCC)C1. The number of phosphoric acid groups is 1. The van der Waals surface area contributed by atoms with Crippen molar-refractivity contribution in [1.29, 1.82) is 0 Å². The van der Waals surface area contributed by atoms with Gasteiger partial charge in [0, 0.05) is 25.3 Å². The molecule has 1 aromatic rings. The van der Waals surface area contributed by atoms with E-state index in [4.69, 9.17) is 28.0 Å². The number of phosphoric ester groups is 1. The molecule has 1 N–H and O–H groups in total. The van der Waals surface area contributed by atoms with E-state index in [1.165, 1.54) is 77.0 Å². The zero-order valence-electron chi connectivity index (χ0n) is 37.8. The smallest absolute Gasteiger partial charge is 0.475 e. The Bertz CT molecular complexity index is 1380. The first-order valence-electron chi connectivity index (χ1n) is 22.6. The lowest BCUT2D eigenvalue weighted by atomic mass is 10.0. The lowest BCUT2D eigenvalue weighted by Crippen LogP contribution is -2.55. The topological polar surface area (TPSA) is 153 Å². The summed E-state index contributed by atoms with van der Waals surface area (Å²) in [5, 5.41) is 0. The van der Waals surface area contributed by atoms with Crippen molar-refractivity contribution in [1.82, 2.24) is 8.75 Å². The second-order valence-corrected chi connectivity index (χ2v) is 19.4. The number of esters is 1. The van der Waals surface area contributed by atoms with Crippen molar-refractivity contribution >= 4 is 37.2 Å². The minimum Gasteiger partial charge on any atom is -0.475 e. The molecular weight excluding hydrogens is 796 g/mol. The van der Waals surface area contributed by atoms with Crippen molar-refractivity contribution in [3.8, 4) is 5.88 Å². The Labute approximate surface area is 360 Å². The summed E-state index contributed by atoms with van der Waals surface area (Å²) in [5.41, 5.74) is 1.68. The van der Waals surface area contributed by atoms with Crippen LogP contribution in [-0.4, -0.2) is 121 Å². The van der Waals surface area contributed by atoms with E-state index >= 15 is 0 Å². The summed E-state index contributed by atoms with van der Waals surface area (Å²) in [7, 11) is 3.29. The van der Waals surface area contributed by atoms with Crippen molar-refractivity contribution in [2.45, 2.75) is 168 Å².